The number of rotatable bonds is 4. The van der Waals surface area contributed by atoms with Gasteiger partial charge >= 0.3 is 0 Å². The van der Waals surface area contributed by atoms with Crippen molar-refractivity contribution in [2.24, 2.45) is 5.73 Å². The molecule has 1 aliphatic rings. The Labute approximate surface area is 132 Å². The van der Waals surface area contributed by atoms with E-state index in [9.17, 15) is 0 Å². The van der Waals surface area contributed by atoms with Crippen LogP contribution in [0.3, 0.4) is 0 Å². The van der Waals surface area contributed by atoms with E-state index >= 15 is 0 Å². The molecule has 1 aliphatic carbocycles. The molecule has 3 unspecified atom stereocenters. The Hall–Kier alpha value is -1.84. The molecule has 3 N–H and O–H groups in total. The van der Waals surface area contributed by atoms with Gasteiger partial charge in [-0.3, -0.25) is 0 Å². The Morgan fingerprint density at radius 2 is 1.91 bits per heavy atom. The number of nitrogens with two attached hydrogens (primary N) is 1. The first-order valence-corrected chi connectivity index (χ1v) is 7.85. The molecule has 3 heteroatoms. The molecule has 0 radical (unpaired) electrons. The highest BCUT2D eigenvalue weighted by atomic mass is 16.5. The van der Waals surface area contributed by atoms with Gasteiger partial charge in [0.1, 0.15) is 5.75 Å². The highest BCUT2D eigenvalue weighted by molar-refractivity contribution is 5.41. The normalized spacial score (nSPS) is 21.5. The van der Waals surface area contributed by atoms with E-state index in [1.54, 1.807) is 7.11 Å². The molecule has 0 saturated carbocycles. The van der Waals surface area contributed by atoms with Gasteiger partial charge in [-0.2, -0.15) is 0 Å². The summed E-state index contributed by atoms with van der Waals surface area (Å²) in [6, 6.07) is 15.4. The second-order valence-electron chi connectivity index (χ2n) is 6.16. The van der Waals surface area contributed by atoms with E-state index in [2.05, 4.69) is 55.6 Å². The number of nitrogens with one attached hydrogen (secondary N) is 1. The van der Waals surface area contributed by atoms with Gasteiger partial charge in [0.05, 0.1) is 7.11 Å². The number of hydrogen-bond acceptors (Lipinski definition) is 3. The fourth-order valence-corrected chi connectivity index (χ4v) is 3.42. The van der Waals surface area contributed by atoms with Crippen LogP contribution >= 0.6 is 0 Å². The molecule has 0 fully saturated rings. The second-order valence-corrected chi connectivity index (χ2v) is 6.16. The lowest BCUT2D eigenvalue weighted by atomic mass is 10.0. The molecule has 0 spiro atoms. The first kappa shape index (κ1) is 15.1. The van der Waals surface area contributed by atoms with Crippen LogP contribution in [0.25, 0.3) is 0 Å². The molecule has 0 bridgehead atoms. The third-order valence-corrected chi connectivity index (χ3v) is 4.56. The van der Waals surface area contributed by atoms with Crippen molar-refractivity contribution < 1.29 is 4.74 Å². The van der Waals surface area contributed by atoms with Gasteiger partial charge in [-0.15, -0.1) is 0 Å². The van der Waals surface area contributed by atoms with Crippen LogP contribution in [0.2, 0.25) is 0 Å². The van der Waals surface area contributed by atoms with E-state index in [1.165, 1.54) is 22.3 Å². The minimum Gasteiger partial charge on any atom is -0.496 e. The molecule has 0 amide bonds. The zero-order valence-electron chi connectivity index (χ0n) is 13.5. The van der Waals surface area contributed by atoms with Gasteiger partial charge < -0.3 is 15.8 Å². The monoisotopic (exact) mass is 296 g/mol. The summed E-state index contributed by atoms with van der Waals surface area (Å²) in [6.45, 7) is 4.29. The van der Waals surface area contributed by atoms with Crippen molar-refractivity contribution in [3.8, 4) is 5.75 Å². The topological polar surface area (TPSA) is 47.3 Å². The van der Waals surface area contributed by atoms with Crippen molar-refractivity contribution in [3.63, 3.8) is 0 Å². The van der Waals surface area contributed by atoms with E-state index in [1.807, 2.05) is 6.07 Å². The lowest BCUT2D eigenvalue weighted by Gasteiger charge is -2.23. The summed E-state index contributed by atoms with van der Waals surface area (Å²) in [5.74, 6) is 0.932. The third-order valence-electron chi connectivity index (χ3n) is 4.56. The number of benzene rings is 2. The summed E-state index contributed by atoms with van der Waals surface area (Å²) in [5, 5.41) is 3.72. The highest BCUT2D eigenvalue weighted by Gasteiger charge is 2.29. The maximum Gasteiger partial charge on any atom is 0.123 e. The van der Waals surface area contributed by atoms with Crippen LogP contribution in [0.1, 0.15) is 53.7 Å². The minimum absolute atomic E-state index is 0.125. The maximum absolute atomic E-state index is 6.27. The van der Waals surface area contributed by atoms with Crippen molar-refractivity contribution in [3.05, 3.63) is 64.7 Å². The van der Waals surface area contributed by atoms with E-state index in [4.69, 9.17) is 10.5 Å². The number of methoxy groups -OCH3 is 1. The largest absolute Gasteiger partial charge is 0.496 e. The van der Waals surface area contributed by atoms with Crippen molar-refractivity contribution in [1.82, 2.24) is 5.32 Å². The van der Waals surface area contributed by atoms with Gasteiger partial charge in [-0.1, -0.05) is 42.0 Å². The molecule has 3 rings (SSSR count). The Balaban J connectivity index is 1.84. The van der Waals surface area contributed by atoms with Crippen LogP contribution in [0, 0.1) is 6.92 Å². The van der Waals surface area contributed by atoms with E-state index < -0.39 is 0 Å². The standard InChI is InChI=1S/C19H24N2O/c1-12-8-9-19(22-3)16(10-12)13(2)21-18-11-17(20)14-6-4-5-7-15(14)18/h4-10,13,17-18,21H,11,20H2,1-3H3. The average molecular weight is 296 g/mol. The molecular weight excluding hydrogens is 272 g/mol. The SMILES string of the molecule is COc1ccc(C)cc1C(C)NC1CC(N)c2ccccc21. The average Bonchev–Trinajstić information content (AvgIpc) is 2.84. The Kier molecular flexibility index (Phi) is 4.19. The summed E-state index contributed by atoms with van der Waals surface area (Å²) in [4.78, 5) is 0. The third kappa shape index (κ3) is 2.74. The molecule has 2 aromatic rings. The van der Waals surface area contributed by atoms with Crippen LogP contribution < -0.4 is 15.8 Å². The number of ether oxygens (including phenoxy) is 1. The minimum atomic E-state index is 0.125. The molecule has 3 atom stereocenters. The first-order valence-electron chi connectivity index (χ1n) is 7.85. The molecule has 3 nitrogen and oxygen atoms in total. The fourth-order valence-electron chi connectivity index (χ4n) is 3.42. The van der Waals surface area contributed by atoms with E-state index in [0.29, 0.717) is 6.04 Å². The van der Waals surface area contributed by atoms with Crippen LogP contribution in [0.5, 0.6) is 5.75 Å². The Bertz CT molecular complexity index is 668. The Morgan fingerprint density at radius 3 is 2.64 bits per heavy atom. The zero-order valence-corrected chi connectivity index (χ0v) is 13.5. The molecule has 116 valence electrons. The van der Waals surface area contributed by atoms with Gasteiger partial charge in [-0.25, -0.2) is 0 Å². The van der Waals surface area contributed by atoms with Crippen LogP contribution in [0.4, 0.5) is 0 Å². The van der Waals surface area contributed by atoms with Gasteiger partial charge in [0, 0.05) is 23.7 Å². The quantitative estimate of drug-likeness (QED) is 0.902. The molecular formula is C19H24N2O. The van der Waals surface area contributed by atoms with Crippen molar-refractivity contribution >= 4 is 0 Å². The highest BCUT2D eigenvalue weighted by Crippen LogP contribution is 2.39. The van der Waals surface area contributed by atoms with Gasteiger partial charge in [0.25, 0.3) is 0 Å². The van der Waals surface area contributed by atoms with Gasteiger partial charge in [0.15, 0.2) is 0 Å². The van der Waals surface area contributed by atoms with Gasteiger partial charge in [0.2, 0.25) is 0 Å². The predicted octanol–water partition coefficient (Wildman–Crippen LogP) is 3.80. The van der Waals surface area contributed by atoms with Crippen LogP contribution in [-0.4, -0.2) is 7.11 Å². The molecule has 22 heavy (non-hydrogen) atoms. The summed E-state index contributed by atoms with van der Waals surface area (Å²) >= 11 is 0. The van der Waals surface area contributed by atoms with Crippen molar-refractivity contribution in [1.29, 1.82) is 0 Å². The summed E-state index contributed by atoms with van der Waals surface area (Å²) in [6.07, 6.45) is 0.942. The van der Waals surface area contributed by atoms with Crippen molar-refractivity contribution in [2.45, 2.75) is 38.4 Å². The summed E-state index contributed by atoms with van der Waals surface area (Å²) in [7, 11) is 1.72. The second kappa shape index (κ2) is 6.11. The lowest BCUT2D eigenvalue weighted by molar-refractivity contribution is 0.390. The fraction of sp³-hybridized carbons (Fsp3) is 0.368. The molecule has 0 aliphatic heterocycles. The van der Waals surface area contributed by atoms with E-state index in [0.717, 1.165) is 12.2 Å². The molecule has 2 aromatic carbocycles. The summed E-state index contributed by atoms with van der Waals surface area (Å²) < 4.78 is 5.51. The molecule has 0 saturated heterocycles. The number of hydrogen-bond donors (Lipinski definition) is 2. The zero-order chi connectivity index (χ0) is 15.7. The summed E-state index contributed by atoms with van der Waals surface area (Å²) in [5.41, 5.74) is 11.3. The smallest absolute Gasteiger partial charge is 0.123 e. The predicted molar refractivity (Wildman–Crippen MR) is 90.0 cm³/mol. The van der Waals surface area contributed by atoms with Crippen LogP contribution in [-0.2, 0) is 0 Å². The first-order chi connectivity index (χ1) is 10.6. The Morgan fingerprint density at radius 1 is 1.18 bits per heavy atom. The lowest BCUT2D eigenvalue weighted by Crippen LogP contribution is -2.24. The van der Waals surface area contributed by atoms with Crippen molar-refractivity contribution in [2.75, 3.05) is 7.11 Å². The number of fused-ring (bicyclic) bond motifs is 1. The maximum atomic E-state index is 6.27. The number of aryl methyl sites for hydroxylation is 1. The molecule has 0 aromatic heterocycles. The van der Waals surface area contributed by atoms with Gasteiger partial charge in [-0.05, 0) is 37.5 Å². The van der Waals surface area contributed by atoms with Crippen LogP contribution in [0.15, 0.2) is 42.5 Å². The molecule has 0 heterocycles. The van der Waals surface area contributed by atoms with E-state index in [-0.39, 0.29) is 12.1 Å².